The first-order valence-electron chi connectivity index (χ1n) is 7.36. The number of amides is 1. The molecule has 0 unspecified atom stereocenters. The van der Waals surface area contributed by atoms with Crippen LogP contribution in [0.3, 0.4) is 0 Å². The van der Waals surface area contributed by atoms with Gasteiger partial charge in [-0.25, -0.2) is 0 Å². The van der Waals surface area contributed by atoms with E-state index in [9.17, 15) is 4.79 Å². The number of nitrogens with one attached hydrogen (secondary N) is 1. The topological polar surface area (TPSA) is 41.6 Å². The van der Waals surface area contributed by atoms with Crippen LogP contribution in [0.25, 0.3) is 0 Å². The van der Waals surface area contributed by atoms with Crippen LogP contribution in [0.15, 0.2) is 18.2 Å². The number of anilines is 1. The second-order valence-electron chi connectivity index (χ2n) is 5.34. The van der Waals surface area contributed by atoms with E-state index in [1.165, 1.54) is 11.1 Å². The summed E-state index contributed by atoms with van der Waals surface area (Å²) in [6.45, 7) is 5.72. The first-order chi connectivity index (χ1) is 9.72. The first kappa shape index (κ1) is 15.0. The second-order valence-corrected chi connectivity index (χ2v) is 5.34. The van der Waals surface area contributed by atoms with Gasteiger partial charge < -0.3 is 10.1 Å². The van der Waals surface area contributed by atoms with Crippen molar-refractivity contribution in [3.8, 4) is 0 Å². The smallest absolute Gasteiger partial charge is 0.224 e. The van der Waals surface area contributed by atoms with Gasteiger partial charge in [-0.2, -0.15) is 0 Å². The maximum absolute atomic E-state index is 11.7. The van der Waals surface area contributed by atoms with Crippen LogP contribution in [0.5, 0.6) is 0 Å². The molecule has 1 N–H and O–H groups in total. The molecule has 0 bridgehead atoms. The van der Waals surface area contributed by atoms with Gasteiger partial charge in [0.25, 0.3) is 0 Å². The van der Waals surface area contributed by atoms with Crippen molar-refractivity contribution in [1.29, 1.82) is 0 Å². The summed E-state index contributed by atoms with van der Waals surface area (Å²) in [5.41, 5.74) is 3.58. The number of nitrogens with zero attached hydrogens (tertiary/aromatic N) is 1. The average molecular weight is 276 g/mol. The van der Waals surface area contributed by atoms with Gasteiger partial charge in [0.05, 0.1) is 6.61 Å². The second kappa shape index (κ2) is 7.41. The molecule has 0 radical (unpaired) electrons. The van der Waals surface area contributed by atoms with Crippen LogP contribution >= 0.6 is 0 Å². The van der Waals surface area contributed by atoms with E-state index in [2.05, 4.69) is 29.3 Å². The van der Waals surface area contributed by atoms with E-state index in [0.29, 0.717) is 6.42 Å². The van der Waals surface area contributed by atoms with Crippen LogP contribution < -0.4 is 5.32 Å². The summed E-state index contributed by atoms with van der Waals surface area (Å²) in [7, 11) is 1.73. The SMILES string of the molecule is CCCCC(=O)Nc1ccc2c(c1)CN(CCOC)C2. The molecule has 1 aliphatic rings. The molecular weight excluding hydrogens is 252 g/mol. The van der Waals surface area contributed by atoms with Gasteiger partial charge in [-0.1, -0.05) is 19.4 Å². The van der Waals surface area contributed by atoms with Crippen molar-refractivity contribution in [2.45, 2.75) is 39.3 Å². The maximum Gasteiger partial charge on any atom is 0.224 e. The molecule has 1 aliphatic heterocycles. The van der Waals surface area contributed by atoms with Crippen LogP contribution in [0, 0.1) is 0 Å². The lowest BCUT2D eigenvalue weighted by molar-refractivity contribution is -0.116. The summed E-state index contributed by atoms with van der Waals surface area (Å²) in [5.74, 6) is 0.112. The van der Waals surface area contributed by atoms with Crippen molar-refractivity contribution in [2.24, 2.45) is 0 Å². The highest BCUT2D eigenvalue weighted by Crippen LogP contribution is 2.25. The Morgan fingerprint density at radius 1 is 1.35 bits per heavy atom. The number of carbonyl (C=O) groups excluding carboxylic acids is 1. The Balaban J connectivity index is 1.91. The first-order valence-corrected chi connectivity index (χ1v) is 7.36. The number of unbranched alkanes of at least 4 members (excludes halogenated alkanes) is 1. The lowest BCUT2D eigenvalue weighted by Crippen LogP contribution is -2.21. The highest BCUT2D eigenvalue weighted by Gasteiger charge is 2.18. The summed E-state index contributed by atoms with van der Waals surface area (Å²) < 4.78 is 5.12. The van der Waals surface area contributed by atoms with E-state index in [4.69, 9.17) is 4.74 Å². The quantitative estimate of drug-likeness (QED) is 0.832. The minimum absolute atomic E-state index is 0.112. The molecule has 0 saturated carbocycles. The molecule has 1 aromatic rings. The maximum atomic E-state index is 11.7. The molecule has 0 saturated heterocycles. The minimum Gasteiger partial charge on any atom is -0.383 e. The number of rotatable bonds is 7. The summed E-state index contributed by atoms with van der Waals surface area (Å²) in [6, 6.07) is 6.23. The van der Waals surface area contributed by atoms with E-state index in [1.54, 1.807) is 7.11 Å². The Bertz CT molecular complexity index is 460. The van der Waals surface area contributed by atoms with Gasteiger partial charge >= 0.3 is 0 Å². The van der Waals surface area contributed by atoms with Crippen LogP contribution in [0.1, 0.15) is 37.3 Å². The highest BCUT2D eigenvalue weighted by molar-refractivity contribution is 5.90. The predicted octanol–water partition coefficient (Wildman–Crippen LogP) is 2.78. The number of benzene rings is 1. The van der Waals surface area contributed by atoms with Gasteiger partial charge in [-0.3, -0.25) is 9.69 Å². The lowest BCUT2D eigenvalue weighted by atomic mass is 10.1. The fourth-order valence-electron chi connectivity index (χ4n) is 2.48. The highest BCUT2D eigenvalue weighted by atomic mass is 16.5. The minimum atomic E-state index is 0.112. The molecule has 2 rings (SSSR count). The molecule has 0 fully saturated rings. The van der Waals surface area contributed by atoms with Crippen LogP contribution in [-0.2, 0) is 22.6 Å². The normalized spacial score (nSPS) is 14.3. The number of methoxy groups -OCH3 is 1. The Morgan fingerprint density at radius 3 is 2.90 bits per heavy atom. The zero-order valence-electron chi connectivity index (χ0n) is 12.4. The summed E-state index contributed by atoms with van der Waals surface area (Å²) >= 11 is 0. The van der Waals surface area contributed by atoms with Crippen LogP contribution in [0.4, 0.5) is 5.69 Å². The number of carbonyl (C=O) groups is 1. The molecule has 1 aromatic carbocycles. The van der Waals surface area contributed by atoms with E-state index < -0.39 is 0 Å². The standard InChI is InChI=1S/C16H24N2O2/c1-3-4-5-16(19)17-15-7-6-13-11-18(8-9-20-2)12-14(13)10-15/h6-7,10H,3-5,8-9,11-12H2,1-2H3,(H,17,19). The third-order valence-electron chi connectivity index (χ3n) is 3.65. The zero-order chi connectivity index (χ0) is 14.4. The molecule has 0 atom stereocenters. The molecule has 20 heavy (non-hydrogen) atoms. The molecule has 1 heterocycles. The van der Waals surface area contributed by atoms with Crippen molar-refractivity contribution in [3.63, 3.8) is 0 Å². The van der Waals surface area contributed by atoms with Gasteiger partial charge in [0.1, 0.15) is 0 Å². The van der Waals surface area contributed by atoms with Gasteiger partial charge in [0, 0.05) is 38.9 Å². The largest absolute Gasteiger partial charge is 0.383 e. The Kier molecular flexibility index (Phi) is 5.56. The van der Waals surface area contributed by atoms with Crippen molar-refractivity contribution < 1.29 is 9.53 Å². The molecule has 0 spiro atoms. The molecule has 1 amide bonds. The Morgan fingerprint density at radius 2 is 2.15 bits per heavy atom. The van der Waals surface area contributed by atoms with E-state index >= 15 is 0 Å². The van der Waals surface area contributed by atoms with E-state index in [1.807, 2.05) is 6.07 Å². The predicted molar refractivity (Wildman–Crippen MR) is 80.6 cm³/mol. The van der Waals surface area contributed by atoms with E-state index in [-0.39, 0.29) is 5.91 Å². The van der Waals surface area contributed by atoms with Crippen molar-refractivity contribution in [3.05, 3.63) is 29.3 Å². The third kappa shape index (κ3) is 4.05. The lowest BCUT2D eigenvalue weighted by Gasteiger charge is -2.13. The monoisotopic (exact) mass is 276 g/mol. The Labute approximate surface area is 121 Å². The van der Waals surface area contributed by atoms with Gasteiger partial charge in [0.2, 0.25) is 5.91 Å². The van der Waals surface area contributed by atoms with Crippen molar-refractivity contribution in [1.82, 2.24) is 4.90 Å². The molecule has 110 valence electrons. The molecule has 4 heteroatoms. The fourth-order valence-corrected chi connectivity index (χ4v) is 2.48. The molecule has 0 aromatic heterocycles. The number of hydrogen-bond acceptors (Lipinski definition) is 3. The summed E-state index contributed by atoms with van der Waals surface area (Å²) in [5, 5.41) is 2.98. The third-order valence-corrected chi connectivity index (χ3v) is 3.65. The number of hydrogen-bond donors (Lipinski definition) is 1. The summed E-state index contributed by atoms with van der Waals surface area (Å²) in [6.07, 6.45) is 2.60. The number of ether oxygens (including phenoxy) is 1. The molecule has 4 nitrogen and oxygen atoms in total. The van der Waals surface area contributed by atoms with Crippen LogP contribution in [0.2, 0.25) is 0 Å². The number of fused-ring (bicyclic) bond motifs is 1. The molecular formula is C16H24N2O2. The summed E-state index contributed by atoms with van der Waals surface area (Å²) in [4.78, 5) is 14.1. The van der Waals surface area contributed by atoms with Crippen LogP contribution in [-0.4, -0.2) is 31.1 Å². The Hall–Kier alpha value is -1.39. The van der Waals surface area contributed by atoms with Gasteiger partial charge in [0.15, 0.2) is 0 Å². The molecule has 0 aliphatic carbocycles. The zero-order valence-corrected chi connectivity index (χ0v) is 12.4. The van der Waals surface area contributed by atoms with Gasteiger partial charge in [-0.15, -0.1) is 0 Å². The van der Waals surface area contributed by atoms with E-state index in [0.717, 1.165) is 44.8 Å². The van der Waals surface area contributed by atoms with Crippen molar-refractivity contribution >= 4 is 11.6 Å². The van der Waals surface area contributed by atoms with Gasteiger partial charge in [-0.05, 0) is 29.7 Å². The average Bonchev–Trinajstić information content (AvgIpc) is 2.85. The fraction of sp³-hybridized carbons (Fsp3) is 0.562. The van der Waals surface area contributed by atoms with Crippen molar-refractivity contribution in [2.75, 3.05) is 25.6 Å².